The van der Waals surface area contributed by atoms with Crippen LogP contribution in [0.15, 0.2) is 48.5 Å². The highest BCUT2D eigenvalue weighted by molar-refractivity contribution is 5.46. The van der Waals surface area contributed by atoms with E-state index in [-0.39, 0.29) is 0 Å². The molecule has 0 unspecified atom stereocenters. The van der Waals surface area contributed by atoms with Gasteiger partial charge in [0.25, 0.3) is 0 Å². The quantitative estimate of drug-likeness (QED) is 0.846. The number of hydrogen-bond donors (Lipinski definition) is 2. The molecule has 1 fully saturated rings. The van der Waals surface area contributed by atoms with Gasteiger partial charge in [0.1, 0.15) is 5.75 Å². The van der Waals surface area contributed by atoms with Gasteiger partial charge in [-0.1, -0.05) is 24.3 Å². The second-order valence-corrected chi connectivity index (χ2v) is 5.82. The number of anilines is 1. The first-order valence-corrected chi connectivity index (χ1v) is 7.35. The molecule has 20 heavy (non-hydrogen) atoms. The number of nitrogens with one attached hydrogen (secondary N) is 1. The minimum Gasteiger partial charge on any atom is -0.508 e. The van der Waals surface area contributed by atoms with Crippen molar-refractivity contribution in [2.24, 2.45) is 0 Å². The first-order chi connectivity index (χ1) is 9.70. The van der Waals surface area contributed by atoms with Gasteiger partial charge in [0.05, 0.1) is 0 Å². The van der Waals surface area contributed by atoms with Crippen molar-refractivity contribution in [1.29, 1.82) is 0 Å². The van der Waals surface area contributed by atoms with E-state index in [1.165, 1.54) is 24.1 Å². The van der Waals surface area contributed by atoms with Gasteiger partial charge in [0, 0.05) is 11.7 Å². The number of hydrogen-bond acceptors (Lipinski definition) is 2. The minimum atomic E-state index is 0.337. The highest BCUT2D eigenvalue weighted by atomic mass is 16.3. The van der Waals surface area contributed by atoms with Crippen molar-refractivity contribution in [2.45, 2.75) is 38.1 Å². The summed E-state index contributed by atoms with van der Waals surface area (Å²) < 4.78 is 0. The average molecular weight is 267 g/mol. The third-order valence-electron chi connectivity index (χ3n) is 3.82. The summed E-state index contributed by atoms with van der Waals surface area (Å²) in [5, 5.41) is 13.0. The van der Waals surface area contributed by atoms with Crippen LogP contribution >= 0.6 is 0 Å². The average Bonchev–Trinajstić information content (AvgIpc) is 3.24. The summed E-state index contributed by atoms with van der Waals surface area (Å²) in [6.07, 6.45) is 3.60. The molecule has 1 aliphatic rings. The van der Waals surface area contributed by atoms with Crippen molar-refractivity contribution in [3.05, 3.63) is 59.7 Å². The molecule has 2 aromatic rings. The van der Waals surface area contributed by atoms with Gasteiger partial charge in [-0.15, -0.1) is 0 Å². The van der Waals surface area contributed by atoms with E-state index < -0.39 is 0 Å². The summed E-state index contributed by atoms with van der Waals surface area (Å²) >= 11 is 0. The lowest BCUT2D eigenvalue weighted by molar-refractivity contribution is 0.474. The van der Waals surface area contributed by atoms with E-state index in [0.717, 1.165) is 17.9 Å². The van der Waals surface area contributed by atoms with Crippen LogP contribution in [0.2, 0.25) is 0 Å². The molecule has 0 bridgehead atoms. The van der Waals surface area contributed by atoms with Crippen molar-refractivity contribution in [2.75, 3.05) is 5.32 Å². The summed E-state index contributed by atoms with van der Waals surface area (Å²) in [4.78, 5) is 0. The molecule has 2 N–H and O–H groups in total. The fourth-order valence-corrected chi connectivity index (χ4v) is 2.64. The van der Waals surface area contributed by atoms with Crippen molar-refractivity contribution in [3.63, 3.8) is 0 Å². The van der Waals surface area contributed by atoms with Crippen LogP contribution < -0.4 is 5.32 Å². The van der Waals surface area contributed by atoms with Crippen LogP contribution in [-0.2, 0) is 6.42 Å². The van der Waals surface area contributed by atoms with Crippen LogP contribution in [0.1, 0.15) is 36.8 Å². The van der Waals surface area contributed by atoms with E-state index in [4.69, 9.17) is 0 Å². The molecular weight excluding hydrogens is 246 g/mol. The first-order valence-electron chi connectivity index (χ1n) is 7.35. The highest BCUT2D eigenvalue weighted by Gasteiger charge is 2.22. The van der Waals surface area contributed by atoms with E-state index in [2.05, 4.69) is 36.5 Å². The van der Waals surface area contributed by atoms with Crippen molar-refractivity contribution >= 4 is 5.69 Å². The predicted octanol–water partition coefficient (Wildman–Crippen LogP) is 4.31. The summed E-state index contributed by atoms with van der Waals surface area (Å²) in [7, 11) is 0. The van der Waals surface area contributed by atoms with Crippen molar-refractivity contribution in [3.8, 4) is 5.75 Å². The maximum atomic E-state index is 9.48. The number of phenolic OH excluding ortho intramolecular Hbond substituents is 1. The van der Waals surface area contributed by atoms with Gasteiger partial charge >= 0.3 is 0 Å². The molecule has 1 atom stereocenters. The molecule has 1 saturated carbocycles. The topological polar surface area (TPSA) is 32.3 Å². The van der Waals surface area contributed by atoms with Crippen LogP contribution in [0.25, 0.3) is 0 Å². The Morgan fingerprint density at radius 2 is 1.90 bits per heavy atom. The van der Waals surface area contributed by atoms with Crippen LogP contribution in [0.3, 0.4) is 0 Å². The molecule has 0 aromatic heterocycles. The SMILES string of the molecule is C[C@H](Cc1cccc(O)c1)Nc1ccc(C2CC2)cc1. The summed E-state index contributed by atoms with van der Waals surface area (Å²) in [6, 6.07) is 16.6. The lowest BCUT2D eigenvalue weighted by Gasteiger charge is -2.16. The third kappa shape index (κ3) is 3.32. The van der Waals surface area contributed by atoms with Crippen molar-refractivity contribution in [1.82, 2.24) is 0 Å². The zero-order valence-electron chi connectivity index (χ0n) is 11.8. The summed E-state index contributed by atoms with van der Waals surface area (Å²) in [6.45, 7) is 2.17. The van der Waals surface area contributed by atoms with E-state index in [9.17, 15) is 5.11 Å². The molecule has 104 valence electrons. The maximum absolute atomic E-state index is 9.48. The van der Waals surface area contributed by atoms with Crippen LogP contribution in [-0.4, -0.2) is 11.1 Å². The second kappa shape index (κ2) is 5.58. The molecule has 1 aliphatic carbocycles. The largest absolute Gasteiger partial charge is 0.508 e. The van der Waals surface area contributed by atoms with Gasteiger partial charge in [-0.25, -0.2) is 0 Å². The van der Waals surface area contributed by atoms with Gasteiger partial charge in [0.2, 0.25) is 0 Å². The van der Waals surface area contributed by atoms with Gasteiger partial charge in [-0.3, -0.25) is 0 Å². The fourth-order valence-electron chi connectivity index (χ4n) is 2.64. The summed E-state index contributed by atoms with van der Waals surface area (Å²) in [5.41, 5.74) is 3.79. The van der Waals surface area contributed by atoms with Crippen LogP contribution in [0, 0.1) is 0 Å². The molecule has 2 heteroatoms. The lowest BCUT2D eigenvalue weighted by atomic mass is 10.1. The Hall–Kier alpha value is -1.96. The third-order valence-corrected chi connectivity index (χ3v) is 3.82. The Bertz CT molecular complexity index is 572. The molecule has 2 aromatic carbocycles. The fraction of sp³-hybridized carbons (Fsp3) is 0.333. The van der Waals surface area contributed by atoms with Gasteiger partial charge in [-0.2, -0.15) is 0 Å². The normalized spacial score (nSPS) is 15.8. The van der Waals surface area contributed by atoms with E-state index in [1.54, 1.807) is 6.07 Å². The highest BCUT2D eigenvalue weighted by Crippen LogP contribution is 2.40. The number of rotatable bonds is 5. The monoisotopic (exact) mass is 267 g/mol. The van der Waals surface area contributed by atoms with Crippen LogP contribution in [0.4, 0.5) is 5.69 Å². The Kier molecular flexibility index (Phi) is 3.64. The molecule has 0 saturated heterocycles. The molecule has 0 spiro atoms. The molecule has 3 rings (SSSR count). The number of aromatic hydroxyl groups is 1. The smallest absolute Gasteiger partial charge is 0.115 e. The number of phenols is 1. The zero-order chi connectivity index (χ0) is 13.9. The summed E-state index contributed by atoms with van der Waals surface area (Å²) in [5.74, 6) is 1.15. The molecule has 2 nitrogen and oxygen atoms in total. The second-order valence-electron chi connectivity index (χ2n) is 5.82. The Morgan fingerprint density at radius 3 is 2.55 bits per heavy atom. The van der Waals surface area contributed by atoms with E-state index >= 15 is 0 Å². The van der Waals surface area contributed by atoms with Gasteiger partial charge in [-0.05, 0) is 67.5 Å². The maximum Gasteiger partial charge on any atom is 0.115 e. The Labute approximate surface area is 120 Å². The molecule has 0 amide bonds. The van der Waals surface area contributed by atoms with Gasteiger partial charge < -0.3 is 10.4 Å². The minimum absolute atomic E-state index is 0.337. The van der Waals surface area contributed by atoms with Crippen LogP contribution in [0.5, 0.6) is 5.75 Å². The Balaban J connectivity index is 1.59. The molecule has 0 heterocycles. The zero-order valence-corrected chi connectivity index (χ0v) is 11.8. The Morgan fingerprint density at radius 1 is 1.15 bits per heavy atom. The molecular formula is C18H21NO. The van der Waals surface area contributed by atoms with E-state index in [1.807, 2.05) is 18.2 Å². The molecule has 0 aliphatic heterocycles. The standard InChI is InChI=1S/C18H21NO/c1-13(11-14-3-2-4-18(20)12-14)19-17-9-7-16(8-10-17)15-5-6-15/h2-4,7-10,12-13,15,19-20H,5-6,11H2,1H3/t13-/m1/s1. The number of benzene rings is 2. The lowest BCUT2D eigenvalue weighted by Crippen LogP contribution is -2.17. The van der Waals surface area contributed by atoms with Gasteiger partial charge in [0.15, 0.2) is 0 Å². The first kappa shape index (κ1) is 13.0. The predicted molar refractivity (Wildman–Crippen MR) is 83.3 cm³/mol. The van der Waals surface area contributed by atoms with E-state index in [0.29, 0.717) is 11.8 Å². The molecule has 0 radical (unpaired) electrons. The van der Waals surface area contributed by atoms with Crippen molar-refractivity contribution < 1.29 is 5.11 Å².